The highest BCUT2D eigenvalue weighted by molar-refractivity contribution is 6.99. The fraction of sp³-hybridized carbons (Fsp3) is 0.273. The van der Waals surface area contributed by atoms with Crippen molar-refractivity contribution < 1.29 is 0 Å². The second-order valence-corrected chi connectivity index (χ2v) is 4.28. The highest BCUT2D eigenvalue weighted by Gasteiger charge is 2.17. The summed E-state index contributed by atoms with van der Waals surface area (Å²) in [6.45, 7) is 4.18. The molecule has 0 amide bonds. The highest BCUT2D eigenvalue weighted by atomic mass is 32.1. The maximum atomic E-state index is 5.60. The summed E-state index contributed by atoms with van der Waals surface area (Å²) in [5, 5.41) is 0. The van der Waals surface area contributed by atoms with Crippen molar-refractivity contribution in [2.24, 2.45) is 5.84 Å². The Morgan fingerprint density at radius 1 is 1.38 bits per heavy atom. The van der Waals surface area contributed by atoms with E-state index >= 15 is 0 Å². The summed E-state index contributed by atoms with van der Waals surface area (Å²) in [5.41, 5.74) is 7.29. The standard InChI is InChI=1S/C11H14N4S/c1-7-4-3-5-9(8(7)2)11(14-12)10-6-13-16-15-10/h3-6,11,14H,12H2,1-2H3. The van der Waals surface area contributed by atoms with Crippen LogP contribution in [-0.2, 0) is 0 Å². The van der Waals surface area contributed by atoms with Gasteiger partial charge in [-0.15, -0.1) is 0 Å². The van der Waals surface area contributed by atoms with Gasteiger partial charge in [0.25, 0.3) is 0 Å². The van der Waals surface area contributed by atoms with Gasteiger partial charge in [-0.25, -0.2) is 5.43 Å². The molecule has 0 aliphatic heterocycles. The van der Waals surface area contributed by atoms with E-state index in [2.05, 4.69) is 40.2 Å². The predicted molar refractivity (Wildman–Crippen MR) is 65.0 cm³/mol. The van der Waals surface area contributed by atoms with Crippen LogP contribution in [0.15, 0.2) is 24.4 Å². The molecule has 4 nitrogen and oxygen atoms in total. The maximum absolute atomic E-state index is 5.60. The van der Waals surface area contributed by atoms with Crippen LogP contribution in [0.25, 0.3) is 0 Å². The van der Waals surface area contributed by atoms with Crippen LogP contribution < -0.4 is 11.3 Å². The number of benzene rings is 1. The fourth-order valence-corrected chi connectivity index (χ4v) is 2.17. The van der Waals surface area contributed by atoms with Crippen LogP contribution in [0.4, 0.5) is 0 Å². The molecule has 5 heteroatoms. The molecule has 0 aliphatic rings. The fourth-order valence-electron chi connectivity index (χ4n) is 1.72. The van der Waals surface area contributed by atoms with Gasteiger partial charge in [-0.2, -0.15) is 8.75 Å². The van der Waals surface area contributed by atoms with Gasteiger partial charge >= 0.3 is 0 Å². The van der Waals surface area contributed by atoms with Gasteiger partial charge in [0.1, 0.15) is 0 Å². The lowest BCUT2D eigenvalue weighted by Crippen LogP contribution is -2.29. The molecule has 0 fully saturated rings. The average Bonchev–Trinajstić information content (AvgIpc) is 2.79. The van der Waals surface area contributed by atoms with E-state index in [0.29, 0.717) is 0 Å². The minimum absolute atomic E-state index is 0.0846. The molecule has 3 N–H and O–H groups in total. The zero-order valence-electron chi connectivity index (χ0n) is 9.27. The molecule has 1 aromatic carbocycles. The van der Waals surface area contributed by atoms with Crippen molar-refractivity contribution in [1.82, 2.24) is 14.2 Å². The Balaban J connectivity index is 2.45. The second-order valence-electron chi connectivity index (χ2n) is 3.72. The largest absolute Gasteiger partial charge is 0.271 e. The van der Waals surface area contributed by atoms with Crippen molar-refractivity contribution in [1.29, 1.82) is 0 Å². The lowest BCUT2D eigenvalue weighted by molar-refractivity contribution is 0.622. The highest BCUT2D eigenvalue weighted by Crippen LogP contribution is 2.24. The molecule has 2 rings (SSSR count). The van der Waals surface area contributed by atoms with Crippen molar-refractivity contribution in [3.8, 4) is 0 Å². The summed E-state index contributed by atoms with van der Waals surface area (Å²) in [5.74, 6) is 5.60. The smallest absolute Gasteiger partial charge is 0.0970 e. The second kappa shape index (κ2) is 4.69. The number of hydrazine groups is 1. The van der Waals surface area contributed by atoms with Crippen molar-refractivity contribution in [3.63, 3.8) is 0 Å². The van der Waals surface area contributed by atoms with Crippen LogP contribution in [0.2, 0.25) is 0 Å². The van der Waals surface area contributed by atoms with Crippen LogP contribution in [-0.4, -0.2) is 8.75 Å². The van der Waals surface area contributed by atoms with Crippen molar-refractivity contribution in [2.75, 3.05) is 0 Å². The van der Waals surface area contributed by atoms with Crippen molar-refractivity contribution >= 4 is 11.7 Å². The molecule has 1 atom stereocenters. The summed E-state index contributed by atoms with van der Waals surface area (Å²) in [4.78, 5) is 0. The van der Waals surface area contributed by atoms with Crippen LogP contribution in [0.3, 0.4) is 0 Å². The van der Waals surface area contributed by atoms with Gasteiger partial charge < -0.3 is 0 Å². The summed E-state index contributed by atoms with van der Waals surface area (Å²) >= 11 is 1.19. The molecular formula is C11H14N4S. The molecule has 0 spiro atoms. The number of nitrogens with one attached hydrogen (secondary N) is 1. The first-order chi connectivity index (χ1) is 7.74. The van der Waals surface area contributed by atoms with Gasteiger partial charge in [0, 0.05) is 0 Å². The molecule has 0 aliphatic carbocycles. The zero-order valence-corrected chi connectivity index (χ0v) is 10.1. The Morgan fingerprint density at radius 3 is 2.81 bits per heavy atom. The van der Waals surface area contributed by atoms with Gasteiger partial charge in [0.15, 0.2) is 0 Å². The number of hydrogen-bond donors (Lipinski definition) is 2. The van der Waals surface area contributed by atoms with E-state index in [1.807, 2.05) is 6.07 Å². The average molecular weight is 234 g/mol. The minimum Gasteiger partial charge on any atom is -0.271 e. The quantitative estimate of drug-likeness (QED) is 0.627. The van der Waals surface area contributed by atoms with Crippen molar-refractivity contribution in [2.45, 2.75) is 19.9 Å². The summed E-state index contributed by atoms with van der Waals surface area (Å²) in [6, 6.07) is 6.10. The molecule has 2 aromatic rings. The monoisotopic (exact) mass is 234 g/mol. The third-order valence-electron chi connectivity index (χ3n) is 2.80. The number of nitrogens with two attached hydrogens (primary N) is 1. The lowest BCUT2D eigenvalue weighted by Gasteiger charge is -2.17. The van der Waals surface area contributed by atoms with Gasteiger partial charge in [0.05, 0.1) is 29.7 Å². The Kier molecular flexibility index (Phi) is 3.28. The Labute approximate surface area is 98.8 Å². The maximum Gasteiger partial charge on any atom is 0.0970 e. The molecule has 0 saturated heterocycles. The van der Waals surface area contributed by atoms with E-state index in [1.165, 1.54) is 22.9 Å². The first-order valence-electron chi connectivity index (χ1n) is 5.03. The van der Waals surface area contributed by atoms with E-state index in [0.717, 1.165) is 11.3 Å². The molecule has 84 valence electrons. The predicted octanol–water partition coefficient (Wildman–Crippen LogP) is 1.71. The Morgan fingerprint density at radius 2 is 2.19 bits per heavy atom. The van der Waals surface area contributed by atoms with E-state index in [9.17, 15) is 0 Å². The number of hydrogen-bond acceptors (Lipinski definition) is 5. The molecule has 0 radical (unpaired) electrons. The van der Waals surface area contributed by atoms with Gasteiger partial charge in [0.2, 0.25) is 0 Å². The number of nitrogens with zero attached hydrogens (tertiary/aromatic N) is 2. The SMILES string of the molecule is Cc1cccc(C(NN)c2cnsn2)c1C. The number of aromatic nitrogens is 2. The van der Waals surface area contributed by atoms with E-state index in [4.69, 9.17) is 5.84 Å². The van der Waals surface area contributed by atoms with Crippen LogP contribution in [0.5, 0.6) is 0 Å². The first-order valence-corrected chi connectivity index (χ1v) is 5.76. The van der Waals surface area contributed by atoms with E-state index < -0.39 is 0 Å². The summed E-state index contributed by atoms with van der Waals surface area (Å²) < 4.78 is 8.23. The summed E-state index contributed by atoms with van der Waals surface area (Å²) in [7, 11) is 0. The van der Waals surface area contributed by atoms with Gasteiger partial charge in [-0.05, 0) is 30.5 Å². The molecule has 0 bridgehead atoms. The van der Waals surface area contributed by atoms with E-state index in [1.54, 1.807) is 6.20 Å². The van der Waals surface area contributed by atoms with Crippen molar-refractivity contribution in [3.05, 3.63) is 46.8 Å². The minimum atomic E-state index is -0.0846. The third kappa shape index (κ3) is 1.97. The Bertz CT molecular complexity index is 467. The number of aryl methyl sites for hydroxylation is 1. The zero-order chi connectivity index (χ0) is 11.5. The topological polar surface area (TPSA) is 63.8 Å². The first kappa shape index (κ1) is 11.2. The molecule has 1 aromatic heterocycles. The third-order valence-corrected chi connectivity index (χ3v) is 3.29. The normalized spacial score (nSPS) is 12.7. The van der Waals surface area contributed by atoms with Gasteiger partial charge in [-0.1, -0.05) is 18.2 Å². The van der Waals surface area contributed by atoms with E-state index in [-0.39, 0.29) is 6.04 Å². The molecule has 0 saturated carbocycles. The molecule has 1 heterocycles. The summed E-state index contributed by atoms with van der Waals surface area (Å²) in [6.07, 6.45) is 1.75. The van der Waals surface area contributed by atoms with Crippen LogP contribution in [0, 0.1) is 13.8 Å². The van der Waals surface area contributed by atoms with Gasteiger partial charge in [-0.3, -0.25) is 5.84 Å². The van der Waals surface area contributed by atoms with Crippen LogP contribution in [0.1, 0.15) is 28.4 Å². The molecule has 1 unspecified atom stereocenters. The lowest BCUT2D eigenvalue weighted by atomic mass is 9.96. The van der Waals surface area contributed by atoms with Crippen LogP contribution >= 0.6 is 11.7 Å². The molecule has 16 heavy (non-hydrogen) atoms. The Hall–Kier alpha value is -1.30. The molecular weight excluding hydrogens is 220 g/mol. The number of rotatable bonds is 3.